The Bertz CT molecular complexity index is 1870. The fourth-order valence-corrected chi connectivity index (χ4v) is 5.24. The number of likely N-dealkylation sites (tertiary alicyclic amines) is 1. The molecule has 1 atom stereocenters. The van der Waals surface area contributed by atoms with Gasteiger partial charge in [0.05, 0.1) is 11.8 Å². The summed E-state index contributed by atoms with van der Waals surface area (Å²) in [5.41, 5.74) is 16.1. The molecule has 1 aliphatic heterocycles. The monoisotopic (exact) mass is 601 g/mol. The Morgan fingerprint density at radius 2 is 1.47 bits per heavy atom. The Labute approximate surface area is 259 Å². The number of hydrogen-bond acceptors (Lipinski definition) is 7. The number of hydrogen-bond donors (Lipinski definition) is 3. The molecule has 5 N–H and O–H groups in total. The topological polar surface area (TPSA) is 158 Å². The van der Waals surface area contributed by atoms with E-state index in [0.717, 1.165) is 22.3 Å². The van der Waals surface area contributed by atoms with E-state index < -0.39 is 5.91 Å². The number of anilines is 1. The summed E-state index contributed by atoms with van der Waals surface area (Å²) in [6.07, 6.45) is 5.79. The largest absolute Gasteiger partial charge is 0.457 e. The van der Waals surface area contributed by atoms with Crippen LogP contribution < -0.4 is 21.5 Å². The Kier molecular flexibility index (Phi) is 7.98. The first-order chi connectivity index (χ1) is 21.7. The maximum atomic E-state index is 13.3. The van der Waals surface area contributed by atoms with E-state index in [2.05, 4.69) is 15.4 Å². The molecule has 3 amide bonds. The third-order valence-corrected chi connectivity index (χ3v) is 7.71. The average molecular weight is 602 g/mol. The van der Waals surface area contributed by atoms with Gasteiger partial charge in [0.25, 0.3) is 11.8 Å². The predicted octanol–water partition coefficient (Wildman–Crippen LogP) is 4.27. The maximum absolute atomic E-state index is 13.3. The van der Waals surface area contributed by atoms with Gasteiger partial charge in [0.15, 0.2) is 0 Å². The first kappa shape index (κ1) is 29.1. The number of primary amides is 1. The highest BCUT2D eigenvalue weighted by molar-refractivity contribution is 6.00. The van der Waals surface area contributed by atoms with Crippen molar-refractivity contribution in [3.8, 4) is 33.8 Å². The maximum Gasteiger partial charge on any atom is 0.255 e. The lowest BCUT2D eigenvalue weighted by atomic mass is 10.0. The van der Waals surface area contributed by atoms with Crippen LogP contribution in [0.2, 0.25) is 0 Å². The number of rotatable bonds is 8. The van der Waals surface area contributed by atoms with Crippen LogP contribution in [-0.4, -0.2) is 56.5 Å². The van der Waals surface area contributed by atoms with E-state index >= 15 is 0 Å². The van der Waals surface area contributed by atoms with Gasteiger partial charge in [0.1, 0.15) is 17.3 Å². The van der Waals surface area contributed by atoms with Gasteiger partial charge in [-0.25, -0.2) is 4.98 Å². The first-order valence-corrected chi connectivity index (χ1v) is 14.4. The number of aryl methyl sites for hydroxylation is 1. The molecule has 0 bridgehead atoms. The molecule has 0 saturated carbocycles. The van der Waals surface area contributed by atoms with Crippen molar-refractivity contribution in [3.05, 3.63) is 114 Å². The normalized spacial score (nSPS) is 14.2. The van der Waals surface area contributed by atoms with E-state index in [-0.39, 0.29) is 29.2 Å². The van der Waals surface area contributed by atoms with Crippen molar-refractivity contribution in [3.63, 3.8) is 0 Å². The van der Waals surface area contributed by atoms with Crippen LogP contribution in [-0.2, 0) is 7.05 Å². The van der Waals surface area contributed by atoms with Crippen molar-refractivity contribution in [2.75, 3.05) is 18.8 Å². The number of nitrogens with one attached hydrogen (secondary N) is 1. The SMILES string of the molecule is Cn1cc(-c2cnc(N)c(C(=O)N[C@@H]3CCN(C(=O)c4ccc(-c5ccc(Oc6ccc(C(N)=O)cc6)cc5)cc4)C3)c2)cn1. The van der Waals surface area contributed by atoms with E-state index in [1.54, 1.807) is 52.3 Å². The first-order valence-electron chi connectivity index (χ1n) is 14.4. The molecule has 226 valence electrons. The molecule has 3 aromatic carbocycles. The van der Waals surface area contributed by atoms with Crippen LogP contribution >= 0.6 is 0 Å². The summed E-state index contributed by atoms with van der Waals surface area (Å²) in [5, 5.41) is 7.18. The van der Waals surface area contributed by atoms with Crippen molar-refractivity contribution in [1.29, 1.82) is 0 Å². The number of benzene rings is 3. The van der Waals surface area contributed by atoms with Crippen LogP contribution in [0.4, 0.5) is 5.82 Å². The molecule has 0 unspecified atom stereocenters. The molecular weight excluding hydrogens is 570 g/mol. The molecule has 45 heavy (non-hydrogen) atoms. The highest BCUT2D eigenvalue weighted by Crippen LogP contribution is 2.27. The number of amides is 3. The highest BCUT2D eigenvalue weighted by atomic mass is 16.5. The Morgan fingerprint density at radius 3 is 2.09 bits per heavy atom. The Morgan fingerprint density at radius 1 is 0.844 bits per heavy atom. The third kappa shape index (κ3) is 6.52. The molecule has 0 spiro atoms. The second kappa shape index (κ2) is 12.3. The van der Waals surface area contributed by atoms with Crippen molar-refractivity contribution in [2.45, 2.75) is 12.5 Å². The number of nitrogen functional groups attached to an aromatic ring is 1. The predicted molar refractivity (Wildman–Crippen MR) is 170 cm³/mol. The zero-order chi connectivity index (χ0) is 31.5. The third-order valence-electron chi connectivity index (χ3n) is 7.71. The lowest BCUT2D eigenvalue weighted by Crippen LogP contribution is -2.38. The molecule has 11 nitrogen and oxygen atoms in total. The van der Waals surface area contributed by atoms with Gasteiger partial charge in [0, 0.05) is 60.8 Å². The number of carbonyl (C=O) groups is 3. The molecular formula is C34H31N7O4. The van der Waals surface area contributed by atoms with E-state index in [1.807, 2.05) is 61.8 Å². The minimum Gasteiger partial charge on any atom is -0.457 e. The molecule has 1 saturated heterocycles. The van der Waals surface area contributed by atoms with Gasteiger partial charge in [-0.3, -0.25) is 19.1 Å². The van der Waals surface area contributed by atoms with Crippen molar-refractivity contribution >= 4 is 23.5 Å². The second-order valence-corrected chi connectivity index (χ2v) is 10.9. The van der Waals surface area contributed by atoms with Crippen molar-refractivity contribution < 1.29 is 19.1 Å². The zero-order valence-electron chi connectivity index (χ0n) is 24.5. The van der Waals surface area contributed by atoms with Crippen LogP contribution in [0.5, 0.6) is 11.5 Å². The summed E-state index contributed by atoms with van der Waals surface area (Å²) in [7, 11) is 1.82. The van der Waals surface area contributed by atoms with Crippen LogP contribution in [0.15, 0.2) is 97.5 Å². The second-order valence-electron chi connectivity index (χ2n) is 10.9. The standard InChI is InChI=1S/C34H31N7O4/c1-40-19-26(18-38-40)25-16-30(31(35)37-17-25)33(43)39-27-14-15-41(20-27)34(44)24-4-2-21(3-5-24)22-6-10-28(11-7-22)45-29-12-8-23(9-13-29)32(36)42/h2-13,16-19,27H,14-15,20H2,1H3,(H2,35,37)(H2,36,42)(H,39,43)/t27-/m1/s1. The molecule has 0 aliphatic carbocycles. The number of aromatic nitrogens is 3. The number of nitrogens with zero attached hydrogens (tertiary/aromatic N) is 4. The molecule has 3 heterocycles. The summed E-state index contributed by atoms with van der Waals surface area (Å²) in [5.74, 6) is 0.472. The van der Waals surface area contributed by atoms with Gasteiger partial charge in [-0.15, -0.1) is 0 Å². The quantitative estimate of drug-likeness (QED) is 0.240. The van der Waals surface area contributed by atoms with Crippen molar-refractivity contribution in [1.82, 2.24) is 25.0 Å². The van der Waals surface area contributed by atoms with Gasteiger partial charge in [-0.1, -0.05) is 24.3 Å². The van der Waals surface area contributed by atoms with Crippen LogP contribution in [0.1, 0.15) is 37.5 Å². The van der Waals surface area contributed by atoms with E-state index in [1.165, 1.54) is 0 Å². The molecule has 1 aliphatic rings. The average Bonchev–Trinajstić information content (AvgIpc) is 3.71. The van der Waals surface area contributed by atoms with Gasteiger partial charge in [-0.2, -0.15) is 5.10 Å². The Hall–Kier alpha value is -5.97. The molecule has 5 aromatic rings. The Balaban J connectivity index is 1.04. The summed E-state index contributed by atoms with van der Waals surface area (Å²) in [4.78, 5) is 43.6. The number of carbonyl (C=O) groups excluding carboxylic acids is 3. The lowest BCUT2D eigenvalue weighted by molar-refractivity contribution is 0.0783. The zero-order valence-corrected chi connectivity index (χ0v) is 24.5. The minimum atomic E-state index is -0.490. The molecule has 1 fully saturated rings. The summed E-state index contributed by atoms with van der Waals surface area (Å²) in [6.45, 7) is 0.927. The number of nitrogens with two attached hydrogens (primary N) is 2. The van der Waals surface area contributed by atoms with Crippen LogP contribution in [0.25, 0.3) is 22.3 Å². The van der Waals surface area contributed by atoms with E-state index in [4.69, 9.17) is 16.2 Å². The summed E-state index contributed by atoms with van der Waals surface area (Å²) in [6, 6.07) is 23.1. The summed E-state index contributed by atoms with van der Waals surface area (Å²) >= 11 is 0. The molecule has 0 radical (unpaired) electrons. The number of pyridine rings is 1. The van der Waals surface area contributed by atoms with E-state index in [9.17, 15) is 14.4 Å². The van der Waals surface area contributed by atoms with Crippen molar-refractivity contribution in [2.24, 2.45) is 12.8 Å². The number of ether oxygens (including phenoxy) is 1. The van der Waals surface area contributed by atoms with Crippen LogP contribution in [0, 0.1) is 0 Å². The van der Waals surface area contributed by atoms with Gasteiger partial charge in [-0.05, 0) is 72.1 Å². The fourth-order valence-electron chi connectivity index (χ4n) is 5.24. The molecule has 11 heteroatoms. The van der Waals surface area contributed by atoms with Gasteiger partial charge < -0.3 is 26.4 Å². The lowest BCUT2D eigenvalue weighted by Gasteiger charge is -2.18. The minimum absolute atomic E-state index is 0.0934. The van der Waals surface area contributed by atoms with Gasteiger partial charge >= 0.3 is 0 Å². The molecule has 2 aromatic heterocycles. The van der Waals surface area contributed by atoms with E-state index in [0.29, 0.717) is 42.1 Å². The van der Waals surface area contributed by atoms with Crippen LogP contribution in [0.3, 0.4) is 0 Å². The summed E-state index contributed by atoms with van der Waals surface area (Å²) < 4.78 is 7.53. The fraction of sp³-hybridized carbons (Fsp3) is 0.147. The molecule has 6 rings (SSSR count). The highest BCUT2D eigenvalue weighted by Gasteiger charge is 2.29. The van der Waals surface area contributed by atoms with Gasteiger partial charge in [0.2, 0.25) is 5.91 Å². The smallest absolute Gasteiger partial charge is 0.255 e.